The van der Waals surface area contributed by atoms with E-state index in [1.807, 2.05) is 24.3 Å². The third-order valence-corrected chi connectivity index (χ3v) is 5.30. The van der Waals surface area contributed by atoms with E-state index in [9.17, 15) is 4.79 Å². The van der Waals surface area contributed by atoms with Gasteiger partial charge in [0.25, 0.3) is 0 Å². The Morgan fingerprint density at radius 2 is 2.17 bits per heavy atom. The molecule has 24 heavy (non-hydrogen) atoms. The topological polar surface area (TPSA) is 46.5 Å². The standard InChI is InChI=1S/C20H16O3S/c21-18(22)11-10-14-12-16-19(13-6-2-1-3-7-13)23-17-9-5-4-8-15(17)20(16)24-14/h2,4-12,19H,1,3H2,(H,21,22). The van der Waals surface area contributed by atoms with E-state index in [2.05, 4.69) is 24.3 Å². The number of aliphatic carboxylic acids is 1. The first-order chi connectivity index (χ1) is 11.7. The number of allylic oxidation sites excluding steroid dienone is 2. The first-order valence-electron chi connectivity index (χ1n) is 7.90. The van der Waals surface area contributed by atoms with Gasteiger partial charge in [-0.05, 0) is 42.7 Å². The van der Waals surface area contributed by atoms with Crippen LogP contribution < -0.4 is 4.74 Å². The van der Waals surface area contributed by atoms with Crippen molar-refractivity contribution in [2.75, 3.05) is 0 Å². The van der Waals surface area contributed by atoms with Crippen molar-refractivity contribution in [1.29, 1.82) is 0 Å². The molecular weight excluding hydrogens is 320 g/mol. The molecule has 120 valence electrons. The fourth-order valence-electron chi connectivity index (χ4n) is 3.09. The van der Waals surface area contributed by atoms with Crippen molar-refractivity contribution in [1.82, 2.24) is 0 Å². The number of thiophene rings is 1. The molecule has 0 spiro atoms. The van der Waals surface area contributed by atoms with Gasteiger partial charge in [0.1, 0.15) is 11.9 Å². The van der Waals surface area contributed by atoms with E-state index in [0.29, 0.717) is 0 Å². The lowest BCUT2D eigenvalue weighted by Gasteiger charge is -2.28. The first kappa shape index (κ1) is 15.0. The molecule has 1 aromatic heterocycles. The van der Waals surface area contributed by atoms with Crippen molar-refractivity contribution in [3.63, 3.8) is 0 Å². The molecule has 2 aromatic rings. The Morgan fingerprint density at radius 1 is 1.29 bits per heavy atom. The summed E-state index contributed by atoms with van der Waals surface area (Å²) in [7, 11) is 0. The molecule has 4 rings (SSSR count). The van der Waals surface area contributed by atoms with Gasteiger partial charge in [-0.15, -0.1) is 11.3 Å². The van der Waals surface area contributed by atoms with Crippen LogP contribution in [0.25, 0.3) is 16.5 Å². The number of rotatable bonds is 3. The molecule has 2 aliphatic rings. The van der Waals surface area contributed by atoms with E-state index >= 15 is 0 Å². The van der Waals surface area contributed by atoms with Gasteiger partial charge in [-0.3, -0.25) is 0 Å². The Bertz CT molecular complexity index is 886. The Balaban J connectivity index is 1.83. The fraction of sp³-hybridized carbons (Fsp3) is 0.150. The molecule has 2 heterocycles. The normalized spacial score (nSPS) is 18.7. The van der Waals surface area contributed by atoms with Crippen molar-refractivity contribution >= 4 is 23.4 Å². The number of para-hydroxylation sites is 1. The van der Waals surface area contributed by atoms with Crippen LogP contribution in [0.4, 0.5) is 0 Å². The summed E-state index contributed by atoms with van der Waals surface area (Å²) in [5, 5.41) is 8.87. The van der Waals surface area contributed by atoms with Crippen molar-refractivity contribution in [2.24, 2.45) is 0 Å². The van der Waals surface area contributed by atoms with Gasteiger partial charge in [0.2, 0.25) is 0 Å². The van der Waals surface area contributed by atoms with E-state index in [4.69, 9.17) is 9.84 Å². The zero-order chi connectivity index (χ0) is 16.5. The van der Waals surface area contributed by atoms with Crippen LogP contribution in [-0.4, -0.2) is 11.1 Å². The molecule has 0 bridgehead atoms. The largest absolute Gasteiger partial charge is 0.480 e. The molecule has 4 heteroatoms. The second kappa shape index (κ2) is 6.13. The van der Waals surface area contributed by atoms with Crippen LogP contribution in [0.3, 0.4) is 0 Å². The maximum Gasteiger partial charge on any atom is 0.328 e. The minimum Gasteiger partial charge on any atom is -0.480 e. The molecule has 1 atom stereocenters. The third-order valence-electron chi connectivity index (χ3n) is 4.16. The van der Waals surface area contributed by atoms with E-state index < -0.39 is 5.97 Å². The highest BCUT2D eigenvalue weighted by atomic mass is 32.1. The highest BCUT2D eigenvalue weighted by Crippen LogP contribution is 2.49. The van der Waals surface area contributed by atoms with Crippen molar-refractivity contribution in [3.8, 4) is 16.2 Å². The molecule has 0 fully saturated rings. The summed E-state index contributed by atoms with van der Waals surface area (Å²) in [5.74, 6) is -0.0574. The molecule has 1 unspecified atom stereocenters. The molecule has 3 nitrogen and oxygen atoms in total. The molecule has 1 aliphatic heterocycles. The SMILES string of the molecule is O=C(O)C=Cc1cc2c(s1)-c1ccccc1OC2C1=CCCC=C1. The van der Waals surface area contributed by atoms with Crippen LogP contribution in [0.15, 0.2) is 60.2 Å². The van der Waals surface area contributed by atoms with Gasteiger partial charge >= 0.3 is 5.97 Å². The van der Waals surface area contributed by atoms with E-state index in [1.165, 1.54) is 11.6 Å². The molecule has 1 aromatic carbocycles. The third kappa shape index (κ3) is 2.69. The molecule has 1 aliphatic carbocycles. The van der Waals surface area contributed by atoms with Crippen molar-refractivity contribution in [2.45, 2.75) is 18.9 Å². The molecule has 0 radical (unpaired) electrons. The lowest BCUT2D eigenvalue weighted by molar-refractivity contribution is -0.131. The maximum atomic E-state index is 10.8. The molecular formula is C20H16O3S. The maximum absolute atomic E-state index is 10.8. The second-order valence-electron chi connectivity index (χ2n) is 5.78. The Labute approximate surface area is 144 Å². The lowest BCUT2D eigenvalue weighted by Crippen LogP contribution is -2.14. The molecule has 0 saturated carbocycles. The van der Waals surface area contributed by atoms with Gasteiger partial charge < -0.3 is 9.84 Å². The van der Waals surface area contributed by atoms with Crippen LogP contribution in [0.2, 0.25) is 0 Å². The quantitative estimate of drug-likeness (QED) is 0.781. The summed E-state index contributed by atoms with van der Waals surface area (Å²) in [4.78, 5) is 12.9. The Morgan fingerprint density at radius 3 is 2.96 bits per heavy atom. The molecule has 0 amide bonds. The predicted molar refractivity (Wildman–Crippen MR) is 96.3 cm³/mol. The second-order valence-corrected chi connectivity index (χ2v) is 6.87. The average molecular weight is 336 g/mol. The number of ether oxygens (including phenoxy) is 1. The first-order valence-corrected chi connectivity index (χ1v) is 8.71. The number of carbonyl (C=O) groups is 1. The lowest BCUT2D eigenvalue weighted by atomic mass is 9.93. The van der Waals surface area contributed by atoms with Crippen molar-refractivity contribution in [3.05, 3.63) is 70.6 Å². The van der Waals surface area contributed by atoms with Gasteiger partial charge in [-0.25, -0.2) is 4.79 Å². The summed E-state index contributed by atoms with van der Waals surface area (Å²) < 4.78 is 6.28. The molecule has 0 saturated heterocycles. The molecule has 1 N–H and O–H groups in total. The minimum atomic E-state index is -0.938. The summed E-state index contributed by atoms with van der Waals surface area (Å²) in [6.07, 6.45) is 11.3. The van der Waals surface area contributed by atoms with Crippen LogP contribution in [-0.2, 0) is 4.79 Å². The minimum absolute atomic E-state index is 0.130. The van der Waals surface area contributed by atoms with E-state index in [1.54, 1.807) is 17.4 Å². The predicted octanol–water partition coefficient (Wildman–Crippen LogP) is 5.22. The van der Waals surface area contributed by atoms with E-state index in [-0.39, 0.29) is 6.10 Å². The number of carboxylic acid groups (broad SMARTS) is 1. The zero-order valence-corrected chi connectivity index (χ0v) is 13.8. The van der Waals surface area contributed by atoms with Gasteiger partial charge in [-0.2, -0.15) is 0 Å². The Hall–Kier alpha value is -2.59. The monoisotopic (exact) mass is 336 g/mol. The number of hydrogen-bond acceptors (Lipinski definition) is 3. The van der Waals surface area contributed by atoms with Crippen molar-refractivity contribution < 1.29 is 14.6 Å². The van der Waals surface area contributed by atoms with Crippen LogP contribution >= 0.6 is 11.3 Å². The van der Waals surface area contributed by atoms with Gasteiger partial charge in [0.05, 0.1) is 0 Å². The summed E-state index contributed by atoms with van der Waals surface area (Å²) in [6.45, 7) is 0. The number of fused-ring (bicyclic) bond motifs is 3. The number of hydrogen-bond donors (Lipinski definition) is 1. The van der Waals surface area contributed by atoms with Gasteiger partial charge in [-0.1, -0.05) is 30.4 Å². The van der Waals surface area contributed by atoms with Crippen LogP contribution in [0, 0.1) is 0 Å². The summed E-state index contributed by atoms with van der Waals surface area (Å²) >= 11 is 1.61. The van der Waals surface area contributed by atoms with Crippen LogP contribution in [0.1, 0.15) is 29.4 Å². The van der Waals surface area contributed by atoms with Gasteiger partial charge in [0, 0.05) is 27.0 Å². The Kier molecular flexibility index (Phi) is 3.82. The summed E-state index contributed by atoms with van der Waals surface area (Å²) in [6, 6.07) is 10.1. The fourth-order valence-corrected chi connectivity index (χ4v) is 4.21. The number of benzene rings is 1. The number of carboxylic acids is 1. The van der Waals surface area contributed by atoms with Crippen LogP contribution in [0.5, 0.6) is 5.75 Å². The highest BCUT2D eigenvalue weighted by Gasteiger charge is 2.30. The smallest absolute Gasteiger partial charge is 0.328 e. The van der Waals surface area contributed by atoms with E-state index in [0.717, 1.165) is 39.5 Å². The average Bonchev–Trinajstić information content (AvgIpc) is 3.04. The highest BCUT2D eigenvalue weighted by molar-refractivity contribution is 7.16. The zero-order valence-electron chi connectivity index (χ0n) is 12.9. The van der Waals surface area contributed by atoms with Gasteiger partial charge in [0.15, 0.2) is 0 Å². The summed E-state index contributed by atoms with van der Waals surface area (Å²) in [5.41, 5.74) is 3.36.